The fourth-order valence-electron chi connectivity index (χ4n) is 8.31. The Morgan fingerprint density at radius 2 is 1.73 bits per heavy atom. The molecule has 4 atom stereocenters. The molecular formula is C32H43N3O6. The molecule has 6 rings (SSSR count). The van der Waals surface area contributed by atoms with Crippen LogP contribution < -0.4 is 10.1 Å². The Kier molecular flexibility index (Phi) is 7.74. The zero-order valence-electron chi connectivity index (χ0n) is 24.3. The molecule has 2 aliphatic heterocycles. The number of aromatic amines is 1. The fourth-order valence-corrected chi connectivity index (χ4v) is 8.31. The van der Waals surface area contributed by atoms with E-state index in [0.29, 0.717) is 31.2 Å². The van der Waals surface area contributed by atoms with E-state index in [9.17, 15) is 14.4 Å². The number of carbonyl (C=O) groups excluding carboxylic acids is 3. The summed E-state index contributed by atoms with van der Waals surface area (Å²) in [6.07, 6.45) is 11.5. The number of nitrogens with one attached hydrogen (secondary N) is 2. The lowest BCUT2D eigenvalue weighted by Gasteiger charge is -2.37. The molecule has 2 saturated heterocycles. The first kappa shape index (κ1) is 28.1. The number of H-pyrrole nitrogens is 1. The van der Waals surface area contributed by atoms with Crippen molar-refractivity contribution < 1.29 is 28.6 Å². The number of ether oxygens (including phenoxy) is 3. The average molecular weight is 566 g/mol. The molecule has 0 radical (unpaired) electrons. The van der Waals surface area contributed by atoms with Crippen molar-refractivity contribution in [3.8, 4) is 5.75 Å². The number of hydrogen-bond acceptors (Lipinski definition) is 7. The van der Waals surface area contributed by atoms with Gasteiger partial charge in [-0.05, 0) is 79.9 Å². The van der Waals surface area contributed by atoms with Gasteiger partial charge >= 0.3 is 11.9 Å². The van der Waals surface area contributed by atoms with E-state index in [2.05, 4.69) is 10.3 Å². The second kappa shape index (κ2) is 11.3. The normalized spacial score (nSPS) is 29.2. The molecule has 2 N–H and O–H groups in total. The fraction of sp³-hybridized carbons (Fsp3) is 0.656. The number of rotatable bonds is 6. The van der Waals surface area contributed by atoms with Gasteiger partial charge in [0.2, 0.25) is 0 Å². The monoisotopic (exact) mass is 565 g/mol. The molecule has 4 fully saturated rings. The molecule has 41 heavy (non-hydrogen) atoms. The maximum atomic E-state index is 13.8. The molecule has 1 aromatic heterocycles. The van der Waals surface area contributed by atoms with Gasteiger partial charge in [-0.15, -0.1) is 0 Å². The van der Waals surface area contributed by atoms with Crippen LogP contribution in [0.5, 0.6) is 5.75 Å². The summed E-state index contributed by atoms with van der Waals surface area (Å²) in [4.78, 5) is 43.7. The van der Waals surface area contributed by atoms with Crippen LogP contribution in [0.3, 0.4) is 0 Å². The van der Waals surface area contributed by atoms with Crippen LogP contribution in [0.25, 0.3) is 10.9 Å². The molecular weight excluding hydrogens is 522 g/mol. The SMILES string of the molecule is COC(=O)C1CC2(CCCC(COc3cccc4[nH]c(C(=O)N5CC6(CCCCC6)CC5C(=O)OC)cc34)C2)CN1. The van der Waals surface area contributed by atoms with E-state index in [-0.39, 0.29) is 34.7 Å². The summed E-state index contributed by atoms with van der Waals surface area (Å²) in [5, 5.41) is 4.24. The maximum Gasteiger partial charge on any atom is 0.328 e. The molecule has 2 saturated carbocycles. The van der Waals surface area contributed by atoms with Gasteiger partial charge in [-0.1, -0.05) is 31.7 Å². The van der Waals surface area contributed by atoms with E-state index in [1.807, 2.05) is 24.3 Å². The zero-order valence-corrected chi connectivity index (χ0v) is 24.3. The van der Waals surface area contributed by atoms with Crippen LogP contribution in [0.1, 0.15) is 81.1 Å². The number of hydrogen-bond donors (Lipinski definition) is 2. The van der Waals surface area contributed by atoms with Crippen molar-refractivity contribution in [2.45, 2.75) is 82.7 Å². The number of esters is 2. The Morgan fingerprint density at radius 3 is 2.51 bits per heavy atom. The standard InChI is InChI=1S/C32H43N3O6/c1-39-29(37)25-16-32(19-33-25)13-7-8-21(15-32)18-41-27-10-6-9-23-22(27)14-24(34-23)28(36)35-20-31(11-4-3-5-12-31)17-26(35)30(38)40-2/h6,9-10,14,21,25-26,33-34H,3-5,7-8,11-13,15-20H2,1-2H3. The summed E-state index contributed by atoms with van der Waals surface area (Å²) < 4.78 is 16.5. The van der Waals surface area contributed by atoms with Crippen LogP contribution in [0.4, 0.5) is 0 Å². The molecule has 222 valence electrons. The highest BCUT2D eigenvalue weighted by Crippen LogP contribution is 2.48. The van der Waals surface area contributed by atoms with Gasteiger partial charge in [-0.3, -0.25) is 9.59 Å². The maximum absolute atomic E-state index is 13.8. The lowest BCUT2D eigenvalue weighted by Crippen LogP contribution is -2.41. The Hall–Kier alpha value is -3.07. The summed E-state index contributed by atoms with van der Waals surface area (Å²) in [5.74, 6) is 0.485. The molecule has 9 heteroatoms. The Balaban J connectivity index is 1.15. The van der Waals surface area contributed by atoms with Crippen LogP contribution in [-0.2, 0) is 19.1 Å². The number of methoxy groups -OCH3 is 2. The van der Waals surface area contributed by atoms with Crippen molar-refractivity contribution in [3.63, 3.8) is 0 Å². The van der Waals surface area contributed by atoms with Crippen molar-refractivity contribution in [3.05, 3.63) is 30.0 Å². The van der Waals surface area contributed by atoms with E-state index in [1.165, 1.54) is 20.6 Å². The molecule has 4 aliphatic rings. The summed E-state index contributed by atoms with van der Waals surface area (Å²) >= 11 is 0. The Morgan fingerprint density at radius 1 is 0.951 bits per heavy atom. The second-order valence-electron chi connectivity index (χ2n) is 13.1. The number of benzene rings is 1. The minimum Gasteiger partial charge on any atom is -0.493 e. The van der Waals surface area contributed by atoms with Gasteiger partial charge < -0.3 is 29.4 Å². The van der Waals surface area contributed by atoms with Crippen molar-refractivity contribution in [1.82, 2.24) is 15.2 Å². The van der Waals surface area contributed by atoms with E-state index in [4.69, 9.17) is 14.2 Å². The summed E-state index contributed by atoms with van der Waals surface area (Å²) in [6, 6.07) is 6.96. The van der Waals surface area contributed by atoms with Gasteiger partial charge in [-0.2, -0.15) is 0 Å². The van der Waals surface area contributed by atoms with E-state index in [1.54, 1.807) is 4.90 Å². The molecule has 4 unspecified atom stereocenters. The smallest absolute Gasteiger partial charge is 0.328 e. The van der Waals surface area contributed by atoms with Gasteiger partial charge in [0.05, 0.1) is 20.8 Å². The minimum atomic E-state index is -0.546. The van der Waals surface area contributed by atoms with Crippen LogP contribution in [0.2, 0.25) is 0 Å². The summed E-state index contributed by atoms with van der Waals surface area (Å²) in [7, 11) is 2.85. The number of amides is 1. The minimum absolute atomic E-state index is 0.0100. The lowest BCUT2D eigenvalue weighted by molar-refractivity contribution is -0.145. The van der Waals surface area contributed by atoms with Gasteiger partial charge in [0, 0.05) is 24.0 Å². The summed E-state index contributed by atoms with van der Waals surface area (Å²) in [6.45, 7) is 2.03. The van der Waals surface area contributed by atoms with Crippen LogP contribution in [0.15, 0.2) is 24.3 Å². The van der Waals surface area contributed by atoms with E-state index >= 15 is 0 Å². The van der Waals surface area contributed by atoms with Crippen LogP contribution >= 0.6 is 0 Å². The van der Waals surface area contributed by atoms with Gasteiger partial charge in [0.15, 0.2) is 0 Å². The predicted molar refractivity (Wildman–Crippen MR) is 154 cm³/mol. The zero-order chi connectivity index (χ0) is 28.6. The highest BCUT2D eigenvalue weighted by Gasteiger charge is 2.50. The molecule has 0 bridgehead atoms. The molecule has 9 nitrogen and oxygen atoms in total. The van der Waals surface area contributed by atoms with Crippen molar-refractivity contribution in [2.24, 2.45) is 16.7 Å². The first-order chi connectivity index (χ1) is 19.8. The number of aromatic nitrogens is 1. The topological polar surface area (TPSA) is 110 Å². The van der Waals surface area contributed by atoms with E-state index < -0.39 is 6.04 Å². The molecule has 2 spiro atoms. The lowest BCUT2D eigenvalue weighted by atomic mass is 9.68. The molecule has 2 aromatic rings. The number of nitrogens with zero attached hydrogens (tertiary/aromatic N) is 1. The van der Waals surface area contributed by atoms with E-state index in [0.717, 1.165) is 81.0 Å². The predicted octanol–water partition coefficient (Wildman–Crippen LogP) is 4.60. The highest BCUT2D eigenvalue weighted by atomic mass is 16.5. The Labute approximate surface area is 241 Å². The molecule has 1 aromatic carbocycles. The van der Waals surface area contributed by atoms with Gasteiger partial charge in [0.1, 0.15) is 23.5 Å². The summed E-state index contributed by atoms with van der Waals surface area (Å²) in [5.41, 5.74) is 1.44. The molecule has 2 aliphatic carbocycles. The number of fused-ring (bicyclic) bond motifs is 1. The second-order valence-corrected chi connectivity index (χ2v) is 13.1. The molecule has 3 heterocycles. The number of carbonyl (C=O) groups is 3. The van der Waals surface area contributed by atoms with Crippen LogP contribution in [0, 0.1) is 16.7 Å². The third-order valence-electron chi connectivity index (χ3n) is 10.4. The van der Waals surface area contributed by atoms with Crippen molar-refractivity contribution in [1.29, 1.82) is 0 Å². The average Bonchev–Trinajstić information content (AvgIpc) is 3.71. The first-order valence-electron chi connectivity index (χ1n) is 15.3. The van der Waals surface area contributed by atoms with Gasteiger partial charge in [0.25, 0.3) is 5.91 Å². The van der Waals surface area contributed by atoms with Crippen LogP contribution in [-0.4, -0.2) is 73.7 Å². The van der Waals surface area contributed by atoms with Crippen molar-refractivity contribution >= 4 is 28.7 Å². The first-order valence-corrected chi connectivity index (χ1v) is 15.3. The number of likely N-dealkylation sites (tertiary alicyclic amines) is 1. The van der Waals surface area contributed by atoms with Crippen molar-refractivity contribution in [2.75, 3.05) is 33.9 Å². The molecule has 1 amide bonds. The third kappa shape index (κ3) is 5.45. The third-order valence-corrected chi connectivity index (χ3v) is 10.4. The quantitative estimate of drug-likeness (QED) is 0.493. The largest absolute Gasteiger partial charge is 0.493 e. The van der Waals surface area contributed by atoms with Gasteiger partial charge in [-0.25, -0.2) is 4.79 Å². The highest BCUT2D eigenvalue weighted by molar-refractivity contribution is 6.01. The Bertz CT molecular complexity index is 1300.